The lowest BCUT2D eigenvalue weighted by molar-refractivity contribution is 0.157. The van der Waals surface area contributed by atoms with Crippen molar-refractivity contribution < 1.29 is 13.2 Å². The number of sulfonamides is 1. The van der Waals surface area contributed by atoms with Crippen LogP contribution in [0.15, 0.2) is 29.2 Å². The van der Waals surface area contributed by atoms with Crippen LogP contribution in [0.3, 0.4) is 0 Å². The van der Waals surface area contributed by atoms with E-state index in [-0.39, 0.29) is 12.5 Å². The molecule has 1 aromatic carbocycles. The van der Waals surface area contributed by atoms with Gasteiger partial charge in [0.2, 0.25) is 10.0 Å². The molecule has 0 aromatic heterocycles. The molecule has 5 nitrogen and oxygen atoms in total. The monoisotopic (exact) mass is 308 g/mol. The van der Waals surface area contributed by atoms with Gasteiger partial charge in [-0.3, -0.25) is 0 Å². The van der Waals surface area contributed by atoms with Crippen molar-refractivity contribution in [1.82, 2.24) is 4.31 Å². The average Bonchev–Trinajstić information content (AvgIpc) is 2.95. The van der Waals surface area contributed by atoms with Gasteiger partial charge in [0, 0.05) is 25.8 Å². The summed E-state index contributed by atoms with van der Waals surface area (Å²) in [7, 11) is -1.79. The van der Waals surface area contributed by atoms with Gasteiger partial charge in [-0.25, -0.2) is 8.42 Å². The third-order valence-electron chi connectivity index (χ3n) is 3.48. The molecule has 1 aliphatic rings. The lowest BCUT2D eigenvalue weighted by atomic mass is 10.1. The molecule has 6 heteroatoms. The van der Waals surface area contributed by atoms with Crippen molar-refractivity contribution in [2.45, 2.75) is 11.3 Å². The fourth-order valence-corrected chi connectivity index (χ4v) is 3.93. The third kappa shape index (κ3) is 3.83. The second-order valence-electron chi connectivity index (χ2n) is 5.00. The largest absolute Gasteiger partial charge is 0.384 e. The summed E-state index contributed by atoms with van der Waals surface area (Å²) in [6, 6.07) is 6.61. The molecule has 0 saturated carbocycles. The predicted octanol–water partition coefficient (Wildman–Crippen LogP) is 0.654. The first-order valence-corrected chi connectivity index (χ1v) is 8.30. The van der Waals surface area contributed by atoms with Crippen molar-refractivity contribution in [2.75, 3.05) is 33.4 Å². The molecule has 0 radical (unpaired) electrons. The maximum absolute atomic E-state index is 12.5. The fourth-order valence-electron chi connectivity index (χ4n) is 2.40. The Morgan fingerprint density at radius 2 is 2.10 bits per heavy atom. The van der Waals surface area contributed by atoms with Crippen LogP contribution in [0.4, 0.5) is 0 Å². The molecule has 1 aliphatic heterocycles. The quantitative estimate of drug-likeness (QED) is 0.829. The Hall–Kier alpha value is -1.39. The summed E-state index contributed by atoms with van der Waals surface area (Å²) in [4.78, 5) is 0.305. The highest BCUT2D eigenvalue weighted by atomic mass is 32.2. The molecule has 1 heterocycles. The molecule has 1 fully saturated rings. The van der Waals surface area contributed by atoms with Crippen LogP contribution in [0.2, 0.25) is 0 Å². The van der Waals surface area contributed by atoms with Crippen LogP contribution in [-0.4, -0.2) is 46.1 Å². The number of ether oxygens (including phenoxy) is 1. The van der Waals surface area contributed by atoms with Crippen LogP contribution in [0.1, 0.15) is 12.0 Å². The van der Waals surface area contributed by atoms with Gasteiger partial charge in [-0.05, 0) is 36.6 Å². The van der Waals surface area contributed by atoms with Gasteiger partial charge in [-0.15, -0.1) is 0 Å². The van der Waals surface area contributed by atoms with Gasteiger partial charge in [0.05, 0.1) is 18.0 Å². The Bertz CT molecular complexity index is 629. The molecule has 0 aliphatic carbocycles. The van der Waals surface area contributed by atoms with Crippen LogP contribution in [0.25, 0.3) is 0 Å². The number of benzene rings is 1. The zero-order valence-corrected chi connectivity index (χ0v) is 12.9. The molecular weight excluding hydrogens is 288 g/mol. The fraction of sp³-hybridized carbons (Fsp3) is 0.467. The lowest BCUT2D eigenvalue weighted by Gasteiger charge is -2.16. The molecule has 1 unspecified atom stereocenters. The zero-order valence-electron chi connectivity index (χ0n) is 12.1. The molecule has 1 aromatic rings. The summed E-state index contributed by atoms with van der Waals surface area (Å²) in [5, 5.41) is 0. The number of hydrogen-bond donors (Lipinski definition) is 1. The van der Waals surface area contributed by atoms with Crippen molar-refractivity contribution in [3.8, 4) is 11.8 Å². The topological polar surface area (TPSA) is 72.6 Å². The van der Waals surface area contributed by atoms with Crippen LogP contribution in [0.5, 0.6) is 0 Å². The van der Waals surface area contributed by atoms with Gasteiger partial charge in [-0.2, -0.15) is 4.31 Å². The van der Waals surface area contributed by atoms with Crippen LogP contribution < -0.4 is 5.73 Å². The number of methoxy groups -OCH3 is 1. The molecule has 0 spiro atoms. The highest BCUT2D eigenvalue weighted by Crippen LogP contribution is 2.24. The maximum atomic E-state index is 12.5. The van der Waals surface area contributed by atoms with Crippen molar-refractivity contribution in [2.24, 2.45) is 11.7 Å². The lowest BCUT2D eigenvalue weighted by Crippen LogP contribution is -2.29. The maximum Gasteiger partial charge on any atom is 0.243 e. The minimum atomic E-state index is -3.42. The van der Waals surface area contributed by atoms with E-state index in [1.807, 2.05) is 0 Å². The van der Waals surface area contributed by atoms with Gasteiger partial charge in [0.15, 0.2) is 0 Å². The first-order chi connectivity index (χ1) is 10.1. The smallest absolute Gasteiger partial charge is 0.243 e. The highest BCUT2D eigenvalue weighted by Gasteiger charge is 2.32. The second kappa shape index (κ2) is 7.05. The Labute approximate surface area is 126 Å². The van der Waals surface area contributed by atoms with E-state index in [0.29, 0.717) is 24.6 Å². The molecule has 0 bridgehead atoms. The van der Waals surface area contributed by atoms with Crippen LogP contribution in [0, 0.1) is 17.8 Å². The molecule has 2 N–H and O–H groups in total. The summed E-state index contributed by atoms with van der Waals surface area (Å²) in [5.74, 6) is 5.90. The first-order valence-electron chi connectivity index (χ1n) is 6.86. The predicted molar refractivity (Wildman–Crippen MR) is 81.1 cm³/mol. The summed E-state index contributed by atoms with van der Waals surface area (Å²) in [6.45, 7) is 1.95. The molecule has 0 amide bonds. The number of hydrogen-bond acceptors (Lipinski definition) is 4. The van der Waals surface area contributed by atoms with E-state index < -0.39 is 10.0 Å². The van der Waals surface area contributed by atoms with E-state index in [9.17, 15) is 8.42 Å². The van der Waals surface area contributed by atoms with Crippen LogP contribution >= 0.6 is 0 Å². The third-order valence-corrected chi connectivity index (χ3v) is 5.36. The van der Waals surface area contributed by atoms with Gasteiger partial charge in [0.25, 0.3) is 0 Å². The van der Waals surface area contributed by atoms with E-state index in [1.54, 1.807) is 31.4 Å². The minimum absolute atomic E-state index is 0.277. The highest BCUT2D eigenvalue weighted by molar-refractivity contribution is 7.89. The average molecular weight is 308 g/mol. The van der Waals surface area contributed by atoms with Gasteiger partial charge >= 0.3 is 0 Å². The molecule has 1 saturated heterocycles. The van der Waals surface area contributed by atoms with Crippen molar-refractivity contribution in [3.63, 3.8) is 0 Å². The van der Waals surface area contributed by atoms with Gasteiger partial charge < -0.3 is 10.5 Å². The SMILES string of the molecule is COCC1CCN(S(=O)(=O)c2ccc(C#CCN)cc2)C1. The van der Waals surface area contributed by atoms with E-state index >= 15 is 0 Å². The van der Waals surface area contributed by atoms with E-state index in [0.717, 1.165) is 12.0 Å². The van der Waals surface area contributed by atoms with E-state index in [4.69, 9.17) is 10.5 Å². The first kappa shape index (κ1) is 16.0. The molecular formula is C15H20N2O3S. The van der Waals surface area contributed by atoms with Crippen LogP contribution in [-0.2, 0) is 14.8 Å². The number of rotatable bonds is 4. The number of nitrogens with two attached hydrogens (primary N) is 1. The summed E-state index contributed by atoms with van der Waals surface area (Å²) < 4.78 is 31.7. The van der Waals surface area contributed by atoms with Gasteiger partial charge in [0.1, 0.15) is 0 Å². The second-order valence-corrected chi connectivity index (χ2v) is 6.94. The molecule has 21 heavy (non-hydrogen) atoms. The Kier molecular flexibility index (Phi) is 5.37. The summed E-state index contributed by atoms with van der Waals surface area (Å²) in [6.07, 6.45) is 0.840. The Morgan fingerprint density at radius 3 is 2.71 bits per heavy atom. The Morgan fingerprint density at radius 1 is 1.38 bits per heavy atom. The summed E-state index contributed by atoms with van der Waals surface area (Å²) in [5.41, 5.74) is 6.07. The zero-order chi connectivity index (χ0) is 15.3. The minimum Gasteiger partial charge on any atom is -0.384 e. The van der Waals surface area contributed by atoms with E-state index in [2.05, 4.69) is 11.8 Å². The van der Waals surface area contributed by atoms with Crippen molar-refractivity contribution in [3.05, 3.63) is 29.8 Å². The Balaban J connectivity index is 2.13. The van der Waals surface area contributed by atoms with E-state index in [1.165, 1.54) is 4.31 Å². The van der Waals surface area contributed by atoms with Gasteiger partial charge in [-0.1, -0.05) is 11.8 Å². The molecule has 1 atom stereocenters. The van der Waals surface area contributed by atoms with Crippen molar-refractivity contribution >= 4 is 10.0 Å². The van der Waals surface area contributed by atoms with Crippen molar-refractivity contribution in [1.29, 1.82) is 0 Å². The normalized spacial score (nSPS) is 19.2. The summed E-state index contributed by atoms with van der Waals surface area (Å²) >= 11 is 0. The molecule has 2 rings (SSSR count). The number of nitrogens with zero attached hydrogens (tertiary/aromatic N) is 1. The standard InChI is InChI=1S/C15H20N2O3S/c1-20-12-14-8-10-17(11-14)21(18,19)15-6-4-13(5-7-15)3-2-9-16/h4-7,14H,8-12,16H2,1H3. The molecule has 114 valence electrons.